The van der Waals surface area contributed by atoms with E-state index < -0.39 is 0 Å². The van der Waals surface area contributed by atoms with E-state index in [-0.39, 0.29) is 5.91 Å². The number of pyridine rings is 1. The summed E-state index contributed by atoms with van der Waals surface area (Å²) in [6, 6.07) is 15.7. The van der Waals surface area contributed by atoms with Crippen LogP contribution >= 0.6 is 11.3 Å². The van der Waals surface area contributed by atoms with E-state index >= 15 is 0 Å². The number of nitrogens with one attached hydrogen (secondary N) is 1. The van der Waals surface area contributed by atoms with Crippen LogP contribution in [0.15, 0.2) is 54.7 Å². The summed E-state index contributed by atoms with van der Waals surface area (Å²) >= 11 is 1.37. The molecular formula is C20H21N3O2S. The van der Waals surface area contributed by atoms with Crippen LogP contribution in [-0.2, 0) is 11.3 Å². The maximum Gasteiger partial charge on any atom is 0.263 e. The number of aryl methyl sites for hydroxylation is 1. The number of thiazole rings is 1. The molecule has 5 nitrogen and oxygen atoms in total. The SMILES string of the molecule is Cc1nc(-c2ccccn2)sc1C(=O)NCCCOCc1ccccc1. The Morgan fingerprint density at radius 2 is 1.96 bits per heavy atom. The van der Waals surface area contributed by atoms with Gasteiger partial charge in [0, 0.05) is 19.3 Å². The van der Waals surface area contributed by atoms with Crippen molar-refractivity contribution in [2.24, 2.45) is 0 Å². The molecule has 3 rings (SSSR count). The van der Waals surface area contributed by atoms with Gasteiger partial charge in [0.15, 0.2) is 0 Å². The van der Waals surface area contributed by atoms with E-state index in [1.165, 1.54) is 11.3 Å². The Morgan fingerprint density at radius 1 is 1.15 bits per heavy atom. The first-order valence-electron chi connectivity index (χ1n) is 8.53. The van der Waals surface area contributed by atoms with Crippen molar-refractivity contribution in [3.63, 3.8) is 0 Å². The van der Waals surface area contributed by atoms with Crippen LogP contribution in [0.25, 0.3) is 10.7 Å². The number of carbonyl (C=O) groups is 1. The Balaban J connectivity index is 1.43. The van der Waals surface area contributed by atoms with Gasteiger partial charge < -0.3 is 10.1 Å². The molecule has 26 heavy (non-hydrogen) atoms. The highest BCUT2D eigenvalue weighted by Gasteiger charge is 2.16. The number of aromatic nitrogens is 2. The zero-order valence-electron chi connectivity index (χ0n) is 14.6. The number of hydrogen-bond acceptors (Lipinski definition) is 5. The lowest BCUT2D eigenvalue weighted by atomic mass is 10.2. The molecule has 0 radical (unpaired) electrons. The summed E-state index contributed by atoms with van der Waals surface area (Å²) in [7, 11) is 0. The fourth-order valence-corrected chi connectivity index (χ4v) is 3.39. The van der Waals surface area contributed by atoms with Gasteiger partial charge in [-0.25, -0.2) is 4.98 Å². The van der Waals surface area contributed by atoms with Gasteiger partial charge >= 0.3 is 0 Å². The Hall–Kier alpha value is -2.57. The van der Waals surface area contributed by atoms with Crippen molar-refractivity contribution < 1.29 is 9.53 Å². The maximum absolute atomic E-state index is 12.4. The molecule has 0 saturated heterocycles. The Labute approximate surface area is 157 Å². The molecule has 1 N–H and O–H groups in total. The number of ether oxygens (including phenoxy) is 1. The number of benzene rings is 1. The largest absolute Gasteiger partial charge is 0.377 e. The summed E-state index contributed by atoms with van der Waals surface area (Å²) in [6.07, 6.45) is 2.49. The molecule has 1 amide bonds. The normalized spacial score (nSPS) is 10.7. The van der Waals surface area contributed by atoms with Crippen molar-refractivity contribution in [2.75, 3.05) is 13.2 Å². The Kier molecular flexibility index (Phi) is 6.46. The smallest absolute Gasteiger partial charge is 0.263 e. The minimum atomic E-state index is -0.0924. The van der Waals surface area contributed by atoms with Crippen molar-refractivity contribution in [2.45, 2.75) is 20.0 Å². The predicted octanol–water partition coefficient (Wildman–Crippen LogP) is 3.85. The van der Waals surface area contributed by atoms with Crippen LogP contribution in [0, 0.1) is 6.92 Å². The quantitative estimate of drug-likeness (QED) is 0.614. The molecule has 0 aliphatic carbocycles. The van der Waals surface area contributed by atoms with E-state index in [0.29, 0.717) is 24.6 Å². The van der Waals surface area contributed by atoms with Crippen LogP contribution in [-0.4, -0.2) is 29.0 Å². The minimum absolute atomic E-state index is 0.0924. The highest BCUT2D eigenvalue weighted by Crippen LogP contribution is 2.26. The van der Waals surface area contributed by atoms with Gasteiger partial charge in [-0.1, -0.05) is 36.4 Å². The molecule has 0 unspecified atom stereocenters. The first kappa shape index (κ1) is 18.2. The first-order chi connectivity index (χ1) is 12.7. The number of carbonyl (C=O) groups excluding carboxylic acids is 1. The lowest BCUT2D eigenvalue weighted by Crippen LogP contribution is -2.25. The van der Waals surface area contributed by atoms with Crippen LogP contribution in [0.2, 0.25) is 0 Å². The number of nitrogens with zero attached hydrogens (tertiary/aromatic N) is 2. The summed E-state index contributed by atoms with van der Waals surface area (Å²) in [6.45, 7) is 3.62. The van der Waals surface area contributed by atoms with Crippen LogP contribution in [0.3, 0.4) is 0 Å². The third-order valence-electron chi connectivity index (χ3n) is 3.75. The number of hydrogen-bond donors (Lipinski definition) is 1. The van der Waals surface area contributed by atoms with Gasteiger partial charge in [-0.15, -0.1) is 11.3 Å². The maximum atomic E-state index is 12.4. The van der Waals surface area contributed by atoms with Crippen molar-refractivity contribution in [3.8, 4) is 10.7 Å². The molecule has 2 heterocycles. The molecule has 134 valence electrons. The average molecular weight is 367 g/mol. The number of amides is 1. The van der Waals surface area contributed by atoms with Crippen LogP contribution < -0.4 is 5.32 Å². The third kappa shape index (κ3) is 4.97. The molecule has 3 aromatic rings. The molecule has 0 aliphatic heterocycles. The zero-order valence-corrected chi connectivity index (χ0v) is 15.5. The van der Waals surface area contributed by atoms with E-state index in [4.69, 9.17) is 4.74 Å². The topological polar surface area (TPSA) is 64.1 Å². The molecule has 0 fully saturated rings. The van der Waals surface area contributed by atoms with Crippen molar-refractivity contribution in [1.82, 2.24) is 15.3 Å². The van der Waals surface area contributed by atoms with Gasteiger partial charge in [-0.3, -0.25) is 9.78 Å². The summed E-state index contributed by atoms with van der Waals surface area (Å²) in [5.74, 6) is -0.0924. The van der Waals surface area contributed by atoms with Gasteiger partial charge in [0.1, 0.15) is 9.88 Å². The average Bonchev–Trinajstić information content (AvgIpc) is 3.08. The lowest BCUT2D eigenvalue weighted by Gasteiger charge is -2.06. The standard InChI is InChI=1S/C20H21N3O2S/c1-15-18(26-20(23-15)17-10-5-6-11-21-17)19(24)22-12-7-13-25-14-16-8-3-2-4-9-16/h2-6,8-11H,7,12-14H2,1H3,(H,22,24). The molecule has 0 spiro atoms. The Morgan fingerprint density at radius 3 is 2.73 bits per heavy atom. The van der Waals surface area contributed by atoms with Crippen LogP contribution in [0.4, 0.5) is 0 Å². The fourth-order valence-electron chi connectivity index (χ4n) is 2.43. The number of rotatable bonds is 8. The van der Waals surface area contributed by atoms with E-state index in [2.05, 4.69) is 15.3 Å². The molecule has 0 atom stereocenters. The molecule has 0 aliphatic rings. The summed E-state index contributed by atoms with van der Waals surface area (Å²) < 4.78 is 5.62. The highest BCUT2D eigenvalue weighted by atomic mass is 32.1. The van der Waals surface area contributed by atoms with Gasteiger partial charge in [0.05, 0.1) is 18.0 Å². The van der Waals surface area contributed by atoms with Gasteiger partial charge in [-0.2, -0.15) is 0 Å². The second kappa shape index (κ2) is 9.22. The second-order valence-corrected chi connectivity index (χ2v) is 6.80. The molecule has 2 aromatic heterocycles. The first-order valence-corrected chi connectivity index (χ1v) is 9.34. The van der Waals surface area contributed by atoms with Crippen molar-refractivity contribution in [1.29, 1.82) is 0 Å². The summed E-state index contributed by atoms with van der Waals surface area (Å²) in [4.78, 5) is 21.7. The molecule has 1 aromatic carbocycles. The summed E-state index contributed by atoms with van der Waals surface area (Å²) in [5, 5.41) is 3.70. The van der Waals surface area contributed by atoms with Crippen molar-refractivity contribution in [3.05, 3.63) is 70.9 Å². The second-order valence-electron chi connectivity index (χ2n) is 5.80. The minimum Gasteiger partial charge on any atom is -0.377 e. The van der Waals surface area contributed by atoms with Crippen LogP contribution in [0.5, 0.6) is 0 Å². The fraction of sp³-hybridized carbons (Fsp3) is 0.250. The predicted molar refractivity (Wildman–Crippen MR) is 103 cm³/mol. The van der Waals surface area contributed by atoms with E-state index in [9.17, 15) is 4.79 Å². The van der Waals surface area contributed by atoms with E-state index in [1.807, 2.05) is 55.5 Å². The molecule has 6 heteroatoms. The highest BCUT2D eigenvalue weighted by molar-refractivity contribution is 7.17. The monoisotopic (exact) mass is 367 g/mol. The summed E-state index contributed by atoms with van der Waals surface area (Å²) in [5.41, 5.74) is 2.67. The lowest BCUT2D eigenvalue weighted by molar-refractivity contribution is 0.0937. The third-order valence-corrected chi connectivity index (χ3v) is 4.93. The van der Waals surface area contributed by atoms with Gasteiger partial charge in [0.2, 0.25) is 0 Å². The molecular weight excluding hydrogens is 346 g/mol. The van der Waals surface area contributed by atoms with Crippen LogP contribution in [0.1, 0.15) is 27.3 Å². The van der Waals surface area contributed by atoms with E-state index in [1.54, 1.807) is 6.20 Å². The zero-order chi connectivity index (χ0) is 18.2. The van der Waals surface area contributed by atoms with E-state index in [0.717, 1.165) is 28.4 Å². The molecule has 0 saturated carbocycles. The van der Waals surface area contributed by atoms with Gasteiger partial charge in [-0.05, 0) is 31.0 Å². The molecule has 0 bridgehead atoms. The Bertz CT molecular complexity index is 835. The van der Waals surface area contributed by atoms with Gasteiger partial charge in [0.25, 0.3) is 5.91 Å². The van der Waals surface area contributed by atoms with Crippen molar-refractivity contribution >= 4 is 17.2 Å².